The Balaban J connectivity index is 3.65. The molecule has 0 aliphatic rings. The summed E-state index contributed by atoms with van der Waals surface area (Å²) in [6.07, 6.45) is 8.09. The molecule has 0 fully saturated rings. The van der Waals surface area contributed by atoms with E-state index in [0.29, 0.717) is 5.92 Å². The van der Waals surface area contributed by atoms with Gasteiger partial charge in [-0.3, -0.25) is 0 Å². The molecule has 0 unspecified atom stereocenters. The number of ether oxygens (including phenoxy) is 1. The summed E-state index contributed by atoms with van der Waals surface area (Å²) in [7, 11) is 1.49. The molecule has 1 N–H and O–H groups in total. The van der Waals surface area contributed by atoms with Gasteiger partial charge < -0.3 is 0 Å². The van der Waals surface area contributed by atoms with Crippen LogP contribution in [-0.2, 0) is 4.74 Å². The minimum absolute atomic E-state index is 0.0784. The zero-order valence-electron chi connectivity index (χ0n) is 21.6. The van der Waals surface area contributed by atoms with Gasteiger partial charge in [0, 0.05) is 0 Å². The maximum atomic E-state index is 13.4. The van der Waals surface area contributed by atoms with Crippen LogP contribution in [0.2, 0.25) is 13.3 Å². The Bertz CT molecular complexity index is 601. The van der Waals surface area contributed by atoms with Crippen LogP contribution in [0.5, 0.6) is 0 Å². The molecule has 184 valence electrons. The predicted octanol–water partition coefficient (Wildman–Crippen LogP) is 7.59. The summed E-state index contributed by atoms with van der Waals surface area (Å²) in [4.78, 5) is 15.4. The molecule has 1 aromatic carbocycles. The van der Waals surface area contributed by atoms with Crippen LogP contribution in [0, 0.1) is 5.92 Å². The molecule has 0 saturated carbocycles. The van der Waals surface area contributed by atoms with Gasteiger partial charge in [-0.15, -0.1) is 0 Å². The first kappa shape index (κ1) is 29.3. The Morgan fingerprint density at radius 2 is 1.47 bits per heavy atom. The summed E-state index contributed by atoms with van der Waals surface area (Å²) in [5.41, 5.74) is 0.996. The number of aliphatic hydroxyl groups excluding tert-OH is 1. The van der Waals surface area contributed by atoms with Gasteiger partial charge in [0.25, 0.3) is 0 Å². The summed E-state index contributed by atoms with van der Waals surface area (Å²) in [5, 5.41) is 10.5. The Kier molecular flexibility index (Phi) is 14.6. The normalized spacial score (nSPS) is 13.8. The molecule has 0 bridgehead atoms. The van der Waals surface area contributed by atoms with Gasteiger partial charge in [-0.2, -0.15) is 0 Å². The Hall–Kier alpha value is -0.751. The summed E-state index contributed by atoms with van der Waals surface area (Å²) in [6.45, 7) is 11.3. The number of carbonyl (C=O) groups is 1. The number of carbonyl (C=O) groups excluding carboxylic acids is 1. The van der Waals surface area contributed by atoms with Crippen LogP contribution in [0.25, 0.3) is 0 Å². The van der Waals surface area contributed by atoms with E-state index in [4.69, 9.17) is 4.74 Å². The standard InChI is InChI=1S/C15H22NO3.3C4H9.Sn/c1-12(2)9-10-16(15(18)19-3)14(11-17)13-7-5-4-6-8-13;3*1-3-4-2;/h4-8,10,12,14,17H,9,11H2,1-3H3;3*1,3-4H2,2H3;/t14-;;;;/m1..../s1. The fraction of sp³-hybridized carbons (Fsp3) is 0.741. The van der Waals surface area contributed by atoms with Crippen LogP contribution >= 0.6 is 0 Å². The second-order valence-electron chi connectivity index (χ2n) is 9.80. The average Bonchev–Trinajstić information content (AvgIpc) is 2.81. The molecule has 1 amide bonds. The molecular formula is C27H49NO3Sn. The number of aliphatic hydroxyl groups is 1. The molecule has 1 rings (SSSR count). The Labute approximate surface area is 202 Å². The van der Waals surface area contributed by atoms with Crippen molar-refractivity contribution < 1.29 is 14.6 Å². The summed E-state index contributed by atoms with van der Waals surface area (Å²) in [6, 6.07) is 9.68. The minimum atomic E-state index is -2.87. The Morgan fingerprint density at radius 1 is 0.969 bits per heavy atom. The predicted molar refractivity (Wildman–Crippen MR) is 139 cm³/mol. The van der Waals surface area contributed by atoms with Gasteiger partial charge in [0.2, 0.25) is 0 Å². The molecule has 5 heteroatoms. The van der Waals surface area contributed by atoms with Gasteiger partial charge >= 0.3 is 203 Å². The molecule has 0 aromatic heterocycles. The van der Waals surface area contributed by atoms with Crippen LogP contribution in [0.1, 0.15) is 91.2 Å². The van der Waals surface area contributed by atoms with E-state index >= 15 is 0 Å². The van der Waals surface area contributed by atoms with E-state index < -0.39 is 18.4 Å². The quantitative estimate of drug-likeness (QED) is 0.214. The molecule has 4 nitrogen and oxygen atoms in total. The molecular weight excluding hydrogens is 505 g/mol. The number of methoxy groups -OCH3 is 1. The first-order valence-corrected chi connectivity index (χ1v) is 20.6. The summed E-state index contributed by atoms with van der Waals surface area (Å²) < 4.78 is 9.60. The number of hydrogen-bond acceptors (Lipinski definition) is 3. The van der Waals surface area contributed by atoms with Crippen molar-refractivity contribution in [3.05, 3.63) is 35.9 Å². The SMILES string of the molecule is CCC[CH2][Sn]([CH2]CCC)([CH2]CCC)[C@H](CC(C)C)N(C(=O)OC)[C@H](CO)c1ccccc1. The first-order valence-electron chi connectivity index (χ1n) is 12.9. The van der Waals surface area contributed by atoms with E-state index in [0.717, 1.165) is 12.0 Å². The van der Waals surface area contributed by atoms with Gasteiger partial charge in [-0.05, 0) is 0 Å². The number of unbranched alkanes of at least 4 members (excludes halogenated alkanes) is 3. The van der Waals surface area contributed by atoms with Crippen LogP contribution in [0.4, 0.5) is 4.79 Å². The topological polar surface area (TPSA) is 49.8 Å². The summed E-state index contributed by atoms with van der Waals surface area (Å²) in [5.74, 6) is 0.489. The summed E-state index contributed by atoms with van der Waals surface area (Å²) >= 11 is -2.87. The third-order valence-corrected chi connectivity index (χ3v) is 24.0. The fourth-order valence-electron chi connectivity index (χ4n) is 5.17. The van der Waals surface area contributed by atoms with Crippen molar-refractivity contribution in [3.8, 4) is 0 Å². The third kappa shape index (κ3) is 8.55. The molecule has 0 spiro atoms. The maximum absolute atomic E-state index is 13.4. The first-order chi connectivity index (χ1) is 15.4. The fourth-order valence-corrected chi connectivity index (χ4v) is 24.5. The number of rotatable bonds is 16. The molecule has 0 radical (unpaired) electrons. The van der Waals surface area contributed by atoms with Crippen molar-refractivity contribution >= 4 is 24.5 Å². The van der Waals surface area contributed by atoms with Crippen molar-refractivity contribution in [2.45, 2.75) is 103 Å². The van der Waals surface area contributed by atoms with Gasteiger partial charge in [0.15, 0.2) is 0 Å². The molecule has 1 aromatic rings. The molecule has 0 heterocycles. The number of benzene rings is 1. The molecule has 0 aliphatic carbocycles. The van der Waals surface area contributed by atoms with Gasteiger partial charge in [0.05, 0.1) is 0 Å². The second kappa shape index (κ2) is 16.0. The van der Waals surface area contributed by atoms with Crippen LogP contribution < -0.4 is 0 Å². The zero-order chi connectivity index (χ0) is 24.0. The third-order valence-electron chi connectivity index (χ3n) is 6.90. The molecule has 2 atom stereocenters. The second-order valence-corrected chi connectivity index (χ2v) is 23.8. The molecule has 0 aliphatic heterocycles. The van der Waals surface area contributed by atoms with Crippen molar-refractivity contribution in [1.82, 2.24) is 4.90 Å². The zero-order valence-corrected chi connectivity index (χ0v) is 24.5. The number of hydrogen-bond donors (Lipinski definition) is 1. The van der Waals surface area contributed by atoms with Crippen LogP contribution in [-0.4, -0.2) is 52.3 Å². The van der Waals surface area contributed by atoms with E-state index in [9.17, 15) is 9.90 Å². The number of amides is 1. The van der Waals surface area contributed by atoms with Crippen molar-refractivity contribution in [1.29, 1.82) is 0 Å². The number of nitrogens with zero attached hydrogens (tertiary/aromatic N) is 1. The van der Waals surface area contributed by atoms with Crippen molar-refractivity contribution in [2.75, 3.05) is 13.7 Å². The molecule has 32 heavy (non-hydrogen) atoms. The molecule has 0 saturated heterocycles. The monoisotopic (exact) mass is 555 g/mol. The van der Waals surface area contributed by atoms with E-state index in [1.54, 1.807) is 0 Å². The van der Waals surface area contributed by atoms with E-state index in [1.807, 2.05) is 35.2 Å². The van der Waals surface area contributed by atoms with E-state index in [-0.39, 0.29) is 22.8 Å². The average molecular weight is 554 g/mol. The van der Waals surface area contributed by atoms with E-state index in [2.05, 4.69) is 34.6 Å². The van der Waals surface area contributed by atoms with Crippen molar-refractivity contribution in [3.63, 3.8) is 0 Å². The van der Waals surface area contributed by atoms with Crippen LogP contribution in [0.3, 0.4) is 0 Å². The van der Waals surface area contributed by atoms with E-state index in [1.165, 1.54) is 58.9 Å². The van der Waals surface area contributed by atoms with Crippen LogP contribution in [0.15, 0.2) is 30.3 Å². The van der Waals surface area contributed by atoms with Crippen molar-refractivity contribution in [2.24, 2.45) is 5.92 Å². The Morgan fingerprint density at radius 3 is 1.84 bits per heavy atom. The van der Waals surface area contributed by atoms with Gasteiger partial charge in [0.1, 0.15) is 0 Å². The van der Waals surface area contributed by atoms with Gasteiger partial charge in [-0.1, -0.05) is 0 Å². The van der Waals surface area contributed by atoms with Gasteiger partial charge in [-0.25, -0.2) is 0 Å².